The van der Waals surface area contributed by atoms with Crippen LogP contribution in [0.3, 0.4) is 0 Å². The molecule has 1 aliphatic rings. The van der Waals surface area contributed by atoms with Gasteiger partial charge in [-0.1, -0.05) is 32.9 Å². The molecule has 0 bridgehead atoms. The summed E-state index contributed by atoms with van der Waals surface area (Å²) < 4.78 is 22.6. The number of nitrogens with zero attached hydrogens (tertiary/aromatic N) is 7. The largest absolute Gasteiger partial charge is 0.480 e. The molecular formula is C47H51N9O9. The van der Waals surface area contributed by atoms with E-state index >= 15 is 0 Å². The highest BCUT2D eigenvalue weighted by Crippen LogP contribution is 2.40. The molecule has 0 unspecified atom stereocenters. The van der Waals surface area contributed by atoms with Crippen LogP contribution in [0.25, 0.3) is 11.3 Å². The van der Waals surface area contributed by atoms with Crippen LogP contribution in [0.2, 0.25) is 0 Å². The normalized spacial score (nSPS) is 13.4. The number of rotatable bonds is 21. The molecule has 3 N–H and O–H groups in total. The monoisotopic (exact) mass is 885 g/mol. The number of fused-ring (bicyclic) bond motifs is 1. The standard InChI is InChI=1S/C47H51N9O9/c1-46(2,3)16-15-37(44(60)61)55-43(59)31-11-14-39(51-26-31)65-34-10-6-8-30(24-34)42(58)50-18-19-62-20-21-63-22-23-64-45-52-27-33(28-53-45)36-13-12-35-40(57)47(4,5)56(41(35)54-36)29-32-9-7-17-49-38(32)25-48/h6-14,17,24,26-28,37H,15-16,18-23,29H2,1-5H3,(H,50,58)(H,55,59)(H,60,61)/t37-/m0/s1. The van der Waals surface area contributed by atoms with E-state index < -0.39 is 23.5 Å². The summed E-state index contributed by atoms with van der Waals surface area (Å²) in [7, 11) is 0. The zero-order valence-corrected chi connectivity index (χ0v) is 36.9. The SMILES string of the molecule is CC(C)(C)CC[C@H](NC(=O)c1ccc(Oc2cccc(C(=O)NCCOCCOCCOc3ncc(-c4ccc5c(n4)N(Cc4cccnc4C#N)C(C)(C)C5=O)cn3)c2)nc1)C(=O)O. The van der Waals surface area contributed by atoms with E-state index in [1.807, 2.05) is 45.6 Å². The number of nitrogens with one attached hydrogen (secondary N) is 2. The van der Waals surface area contributed by atoms with Crippen LogP contribution in [0.15, 0.2) is 85.5 Å². The second-order valence-corrected chi connectivity index (χ2v) is 16.7. The number of anilines is 1. The lowest BCUT2D eigenvalue weighted by Crippen LogP contribution is -2.44. The summed E-state index contributed by atoms with van der Waals surface area (Å²) in [6.07, 6.45) is 6.97. The van der Waals surface area contributed by atoms with Gasteiger partial charge in [-0.3, -0.25) is 14.4 Å². The van der Waals surface area contributed by atoms with Crippen molar-refractivity contribution in [3.8, 4) is 35.0 Å². The van der Waals surface area contributed by atoms with E-state index in [0.717, 1.165) is 0 Å². The van der Waals surface area contributed by atoms with Gasteiger partial charge in [-0.05, 0) is 74.6 Å². The van der Waals surface area contributed by atoms with Crippen LogP contribution in [0.1, 0.15) is 89.8 Å². The first-order valence-corrected chi connectivity index (χ1v) is 21.0. The van der Waals surface area contributed by atoms with Crippen molar-refractivity contribution in [1.82, 2.24) is 35.6 Å². The van der Waals surface area contributed by atoms with E-state index in [-0.39, 0.29) is 67.5 Å². The number of nitriles is 1. The summed E-state index contributed by atoms with van der Waals surface area (Å²) in [5.74, 6) is -0.993. The number of ketones is 1. The smallest absolute Gasteiger partial charge is 0.326 e. The molecule has 4 aromatic heterocycles. The van der Waals surface area contributed by atoms with E-state index in [1.165, 1.54) is 18.3 Å². The van der Waals surface area contributed by atoms with Crippen molar-refractivity contribution in [2.45, 2.75) is 65.6 Å². The van der Waals surface area contributed by atoms with Crippen LogP contribution >= 0.6 is 0 Å². The third kappa shape index (κ3) is 12.6. The first kappa shape index (κ1) is 47.1. The molecule has 5 aromatic rings. The van der Waals surface area contributed by atoms with Gasteiger partial charge >= 0.3 is 12.0 Å². The van der Waals surface area contributed by atoms with Gasteiger partial charge in [0, 0.05) is 60.6 Å². The zero-order valence-electron chi connectivity index (χ0n) is 36.9. The Hall–Kier alpha value is -7.36. The molecule has 65 heavy (non-hydrogen) atoms. The lowest BCUT2D eigenvalue weighted by Gasteiger charge is -2.32. The number of carboxylic acid groups (broad SMARTS) is 1. The first-order chi connectivity index (χ1) is 31.1. The molecule has 5 heterocycles. The van der Waals surface area contributed by atoms with Crippen LogP contribution in [0, 0.1) is 16.7 Å². The predicted octanol–water partition coefficient (Wildman–Crippen LogP) is 5.83. The van der Waals surface area contributed by atoms with Gasteiger partial charge in [-0.2, -0.15) is 5.26 Å². The minimum Gasteiger partial charge on any atom is -0.480 e. The summed E-state index contributed by atoms with van der Waals surface area (Å²) in [5, 5.41) is 24.5. The van der Waals surface area contributed by atoms with E-state index in [9.17, 15) is 29.5 Å². The van der Waals surface area contributed by atoms with Crippen molar-refractivity contribution in [3.63, 3.8) is 0 Å². The van der Waals surface area contributed by atoms with Gasteiger partial charge in [0.05, 0.1) is 48.8 Å². The number of amides is 2. The molecule has 0 spiro atoms. The van der Waals surface area contributed by atoms with Crippen molar-refractivity contribution in [2.24, 2.45) is 5.41 Å². The molecule has 1 aromatic carbocycles. The Bertz CT molecular complexity index is 2520. The van der Waals surface area contributed by atoms with Crippen LogP contribution in [0.4, 0.5) is 5.82 Å². The lowest BCUT2D eigenvalue weighted by atomic mass is 9.88. The average Bonchev–Trinajstić information content (AvgIpc) is 3.48. The van der Waals surface area contributed by atoms with Gasteiger partial charge < -0.3 is 39.6 Å². The molecular weight excluding hydrogens is 835 g/mol. The van der Waals surface area contributed by atoms with Crippen molar-refractivity contribution in [3.05, 3.63) is 113 Å². The number of aromatic nitrogens is 5. The number of hydrogen-bond donors (Lipinski definition) is 3. The Morgan fingerprint density at radius 3 is 2.34 bits per heavy atom. The zero-order chi connectivity index (χ0) is 46.6. The Labute approximate surface area is 376 Å². The van der Waals surface area contributed by atoms with Crippen LogP contribution < -0.4 is 25.0 Å². The van der Waals surface area contributed by atoms with Crippen molar-refractivity contribution in [2.75, 3.05) is 44.5 Å². The molecule has 0 saturated heterocycles. The third-order valence-corrected chi connectivity index (χ3v) is 10.3. The van der Waals surface area contributed by atoms with Crippen molar-refractivity contribution in [1.29, 1.82) is 5.26 Å². The van der Waals surface area contributed by atoms with Crippen LogP contribution in [0.5, 0.6) is 17.6 Å². The minimum atomic E-state index is -1.10. The van der Waals surface area contributed by atoms with E-state index in [0.29, 0.717) is 71.3 Å². The van der Waals surface area contributed by atoms with Gasteiger partial charge in [0.1, 0.15) is 36.0 Å². The fourth-order valence-corrected chi connectivity index (χ4v) is 6.67. The summed E-state index contributed by atoms with van der Waals surface area (Å²) in [6.45, 7) is 11.5. The Balaban J connectivity index is 0.864. The highest BCUT2D eigenvalue weighted by atomic mass is 16.5. The third-order valence-electron chi connectivity index (χ3n) is 10.3. The van der Waals surface area contributed by atoms with E-state index in [4.69, 9.17) is 23.9 Å². The summed E-state index contributed by atoms with van der Waals surface area (Å²) in [4.78, 5) is 74.1. The second-order valence-electron chi connectivity index (χ2n) is 16.7. The maximum absolute atomic E-state index is 13.3. The number of pyridine rings is 3. The maximum Gasteiger partial charge on any atom is 0.326 e. The minimum absolute atomic E-state index is 0.0631. The Morgan fingerprint density at radius 2 is 1.63 bits per heavy atom. The molecule has 6 rings (SSSR count). The molecule has 0 radical (unpaired) electrons. The fourth-order valence-electron chi connectivity index (χ4n) is 6.67. The summed E-state index contributed by atoms with van der Waals surface area (Å²) in [6, 6.07) is 17.8. The van der Waals surface area contributed by atoms with Crippen LogP contribution in [-0.2, 0) is 20.8 Å². The molecule has 18 nitrogen and oxygen atoms in total. The predicted molar refractivity (Wildman–Crippen MR) is 237 cm³/mol. The van der Waals surface area contributed by atoms with Gasteiger partial charge in [0.25, 0.3) is 11.8 Å². The Kier molecular flexibility index (Phi) is 15.5. The number of hydrogen-bond acceptors (Lipinski definition) is 15. The van der Waals surface area contributed by atoms with Crippen LogP contribution in [-0.4, -0.2) is 105 Å². The number of ether oxygens (including phenoxy) is 4. The fraction of sp³-hybridized carbons (Fsp3) is 0.362. The number of carboxylic acids is 1. The average molecular weight is 886 g/mol. The summed E-state index contributed by atoms with van der Waals surface area (Å²) >= 11 is 0. The molecule has 338 valence electrons. The molecule has 0 saturated carbocycles. The van der Waals surface area contributed by atoms with Crippen molar-refractivity contribution < 1.29 is 43.2 Å². The topological polar surface area (TPSA) is 241 Å². The number of benzene rings is 1. The van der Waals surface area contributed by atoms with E-state index in [1.54, 1.807) is 61.1 Å². The van der Waals surface area contributed by atoms with Crippen molar-refractivity contribution >= 4 is 29.4 Å². The number of aliphatic carboxylic acids is 1. The molecule has 0 fully saturated rings. The second kappa shape index (κ2) is 21.3. The highest BCUT2D eigenvalue weighted by molar-refractivity contribution is 6.13. The Morgan fingerprint density at radius 1 is 0.877 bits per heavy atom. The van der Waals surface area contributed by atoms with Gasteiger partial charge in [0.2, 0.25) is 5.88 Å². The van der Waals surface area contributed by atoms with E-state index in [2.05, 4.69) is 36.6 Å². The van der Waals surface area contributed by atoms with Gasteiger partial charge in [0.15, 0.2) is 5.78 Å². The summed E-state index contributed by atoms with van der Waals surface area (Å²) in [5.41, 5.74) is 2.28. The number of carbonyl (C=O) groups is 4. The number of Topliss-reactive ketones (excluding diaryl/α,β-unsaturated/α-hetero) is 1. The quantitative estimate of drug-likeness (QED) is 0.0735. The molecule has 18 heteroatoms. The van der Waals surface area contributed by atoms with Gasteiger partial charge in [-0.15, -0.1) is 0 Å². The molecule has 1 aliphatic heterocycles. The first-order valence-electron chi connectivity index (χ1n) is 21.0. The number of carbonyl (C=O) groups excluding carboxylic acids is 3. The highest BCUT2D eigenvalue weighted by Gasteiger charge is 2.45. The lowest BCUT2D eigenvalue weighted by molar-refractivity contribution is -0.139. The van der Waals surface area contributed by atoms with Gasteiger partial charge in [-0.25, -0.2) is 29.7 Å². The maximum atomic E-state index is 13.3. The molecule has 0 aliphatic carbocycles. The molecule has 1 atom stereocenters. The molecule has 2 amide bonds.